The molecule has 0 radical (unpaired) electrons. The van der Waals surface area contributed by atoms with Gasteiger partial charge in [0.05, 0.1) is 6.10 Å². The average molecular weight is 256 g/mol. The molecule has 0 aromatic carbocycles. The van der Waals surface area contributed by atoms with Gasteiger partial charge in [-0.2, -0.15) is 4.37 Å². The molecule has 1 fully saturated rings. The normalized spacial score (nSPS) is 19.4. The zero-order chi connectivity index (χ0) is 12.3. The van der Waals surface area contributed by atoms with Crippen LogP contribution in [0.3, 0.4) is 0 Å². The zero-order valence-electron chi connectivity index (χ0n) is 9.44. The van der Waals surface area contributed by atoms with Crippen LogP contribution in [-0.4, -0.2) is 29.5 Å². The van der Waals surface area contributed by atoms with E-state index < -0.39 is 5.91 Å². The van der Waals surface area contributed by atoms with Crippen molar-refractivity contribution in [1.82, 2.24) is 4.37 Å². The number of aromatic nitrogens is 1. The molecule has 1 aromatic heterocycles. The lowest BCUT2D eigenvalue weighted by Crippen LogP contribution is -2.16. The number of amides is 1. The summed E-state index contributed by atoms with van der Waals surface area (Å²) < 4.78 is 9.42. The van der Waals surface area contributed by atoms with Crippen LogP contribution in [0.5, 0.6) is 0 Å². The van der Waals surface area contributed by atoms with Crippen molar-refractivity contribution in [2.45, 2.75) is 25.4 Å². The second kappa shape index (κ2) is 5.33. The number of primary amides is 1. The predicted molar refractivity (Wildman–Crippen MR) is 67.1 cm³/mol. The summed E-state index contributed by atoms with van der Waals surface area (Å²) in [5, 5.41) is 3.78. The van der Waals surface area contributed by atoms with Crippen molar-refractivity contribution in [2.75, 3.05) is 24.2 Å². The molecule has 6 nitrogen and oxygen atoms in total. The molecule has 94 valence electrons. The third-order valence-corrected chi connectivity index (χ3v) is 3.56. The van der Waals surface area contributed by atoms with Crippen molar-refractivity contribution in [1.29, 1.82) is 0 Å². The van der Waals surface area contributed by atoms with Gasteiger partial charge in [-0.05, 0) is 30.8 Å². The Hall–Kier alpha value is -1.34. The van der Waals surface area contributed by atoms with E-state index in [2.05, 4.69) is 9.69 Å². The van der Waals surface area contributed by atoms with Gasteiger partial charge in [-0.3, -0.25) is 4.79 Å². The fourth-order valence-electron chi connectivity index (χ4n) is 1.88. The second-order valence-corrected chi connectivity index (χ2v) is 4.76. The second-order valence-electron chi connectivity index (χ2n) is 3.99. The number of nitrogens with zero attached hydrogens (tertiary/aromatic N) is 1. The quantitative estimate of drug-likeness (QED) is 0.723. The number of carbonyl (C=O) groups excluding carboxylic acids is 1. The molecule has 1 aliphatic rings. The number of carbonyl (C=O) groups is 1. The fourth-order valence-corrected chi connectivity index (χ4v) is 2.62. The first kappa shape index (κ1) is 12.1. The summed E-state index contributed by atoms with van der Waals surface area (Å²) in [7, 11) is 0. The first-order valence-corrected chi connectivity index (χ1v) is 6.36. The average Bonchev–Trinajstić information content (AvgIpc) is 2.88. The summed E-state index contributed by atoms with van der Waals surface area (Å²) in [5.74, 6) is -0.349. The minimum absolute atomic E-state index is 0.196. The Morgan fingerprint density at radius 3 is 3.12 bits per heavy atom. The maximum atomic E-state index is 11.2. The monoisotopic (exact) mass is 256 g/mol. The Kier molecular flexibility index (Phi) is 3.80. The van der Waals surface area contributed by atoms with Gasteiger partial charge in [0.1, 0.15) is 10.6 Å². The number of hydrogen-bond donors (Lipinski definition) is 3. The van der Waals surface area contributed by atoms with Crippen molar-refractivity contribution in [3.63, 3.8) is 0 Å². The molecule has 1 atom stereocenters. The maximum Gasteiger partial charge on any atom is 0.255 e. The molecular weight excluding hydrogens is 240 g/mol. The minimum Gasteiger partial charge on any atom is -0.382 e. The molecule has 0 saturated carbocycles. The van der Waals surface area contributed by atoms with E-state index in [1.165, 1.54) is 0 Å². The number of nitrogens with one attached hydrogen (secondary N) is 1. The van der Waals surface area contributed by atoms with Gasteiger partial charge in [0, 0.05) is 13.2 Å². The third kappa shape index (κ3) is 2.86. The van der Waals surface area contributed by atoms with E-state index in [4.69, 9.17) is 16.2 Å². The molecule has 1 aliphatic heterocycles. The van der Waals surface area contributed by atoms with E-state index in [1.54, 1.807) is 0 Å². The van der Waals surface area contributed by atoms with Crippen LogP contribution in [0.2, 0.25) is 0 Å². The summed E-state index contributed by atoms with van der Waals surface area (Å²) >= 11 is 1.16. The summed E-state index contributed by atoms with van der Waals surface area (Å²) in [4.78, 5) is 11.2. The van der Waals surface area contributed by atoms with Crippen LogP contribution in [0.25, 0.3) is 0 Å². The van der Waals surface area contributed by atoms with Gasteiger partial charge in [0.15, 0.2) is 5.82 Å². The molecule has 1 unspecified atom stereocenters. The van der Waals surface area contributed by atoms with E-state index in [-0.39, 0.29) is 5.82 Å². The van der Waals surface area contributed by atoms with Crippen LogP contribution in [0.1, 0.15) is 29.6 Å². The third-order valence-electron chi connectivity index (χ3n) is 2.74. The predicted octanol–water partition coefficient (Wildman–Crippen LogP) is 0.805. The Bertz CT molecular complexity index is 401. The molecule has 7 heteroatoms. The molecule has 1 saturated heterocycles. The van der Waals surface area contributed by atoms with Gasteiger partial charge in [0.25, 0.3) is 5.91 Å². The van der Waals surface area contributed by atoms with Crippen LogP contribution < -0.4 is 16.8 Å². The molecule has 1 aromatic rings. The Morgan fingerprint density at radius 2 is 2.47 bits per heavy atom. The highest BCUT2D eigenvalue weighted by molar-refractivity contribution is 7.11. The van der Waals surface area contributed by atoms with Crippen LogP contribution >= 0.6 is 11.5 Å². The van der Waals surface area contributed by atoms with Crippen LogP contribution in [-0.2, 0) is 4.74 Å². The zero-order valence-corrected chi connectivity index (χ0v) is 10.3. The standard InChI is InChI=1S/C10H16N4O2S/c11-8-7(9(12)15)10(17-14-8)13-4-3-6-2-1-5-16-6/h6,13H,1-5H2,(H2,11,14)(H2,12,15). The van der Waals surface area contributed by atoms with Crippen molar-refractivity contribution in [3.05, 3.63) is 5.56 Å². The fraction of sp³-hybridized carbons (Fsp3) is 0.600. The lowest BCUT2D eigenvalue weighted by molar-refractivity contribution is 0.100. The maximum absolute atomic E-state index is 11.2. The summed E-state index contributed by atoms with van der Waals surface area (Å²) in [5.41, 5.74) is 11.1. The van der Waals surface area contributed by atoms with Gasteiger partial charge >= 0.3 is 0 Å². The summed E-state index contributed by atoms with van der Waals surface area (Å²) in [6, 6.07) is 0. The van der Waals surface area contributed by atoms with Gasteiger partial charge in [-0.25, -0.2) is 0 Å². The van der Waals surface area contributed by atoms with E-state index >= 15 is 0 Å². The first-order valence-electron chi connectivity index (χ1n) is 5.59. The molecule has 2 heterocycles. The molecular formula is C10H16N4O2S. The van der Waals surface area contributed by atoms with Crippen molar-refractivity contribution >= 4 is 28.3 Å². The Balaban J connectivity index is 1.88. The highest BCUT2D eigenvalue weighted by Gasteiger charge is 2.18. The van der Waals surface area contributed by atoms with Crippen molar-refractivity contribution in [2.24, 2.45) is 5.73 Å². The Morgan fingerprint density at radius 1 is 1.65 bits per heavy atom. The molecule has 1 amide bonds. The highest BCUT2D eigenvalue weighted by atomic mass is 32.1. The minimum atomic E-state index is -0.545. The molecule has 0 bridgehead atoms. The van der Waals surface area contributed by atoms with E-state index in [9.17, 15) is 4.79 Å². The van der Waals surface area contributed by atoms with Crippen LogP contribution in [0.4, 0.5) is 10.8 Å². The first-order chi connectivity index (χ1) is 8.18. The van der Waals surface area contributed by atoms with Gasteiger partial charge in [-0.15, -0.1) is 0 Å². The molecule has 2 rings (SSSR count). The van der Waals surface area contributed by atoms with Gasteiger partial charge in [0.2, 0.25) is 0 Å². The lowest BCUT2D eigenvalue weighted by atomic mass is 10.2. The van der Waals surface area contributed by atoms with Crippen molar-refractivity contribution < 1.29 is 9.53 Å². The number of nitrogen functional groups attached to an aromatic ring is 1. The Labute approximate surface area is 103 Å². The van der Waals surface area contributed by atoms with Crippen molar-refractivity contribution in [3.8, 4) is 0 Å². The van der Waals surface area contributed by atoms with Gasteiger partial charge < -0.3 is 21.5 Å². The van der Waals surface area contributed by atoms with Gasteiger partial charge in [-0.1, -0.05) is 0 Å². The van der Waals surface area contributed by atoms with E-state index in [0.717, 1.165) is 43.9 Å². The number of hydrogen-bond acceptors (Lipinski definition) is 6. The highest BCUT2D eigenvalue weighted by Crippen LogP contribution is 2.26. The topological polar surface area (TPSA) is 103 Å². The SMILES string of the molecule is NC(=O)c1c(N)nsc1NCCC1CCCO1. The summed E-state index contributed by atoms with van der Waals surface area (Å²) in [6.45, 7) is 1.58. The van der Waals surface area contributed by atoms with E-state index in [0.29, 0.717) is 16.7 Å². The number of nitrogens with two attached hydrogens (primary N) is 2. The number of anilines is 2. The van der Waals surface area contributed by atoms with Crippen LogP contribution in [0, 0.1) is 0 Å². The lowest BCUT2D eigenvalue weighted by Gasteiger charge is -2.10. The number of rotatable bonds is 5. The molecule has 0 aliphatic carbocycles. The summed E-state index contributed by atoms with van der Waals surface area (Å²) in [6.07, 6.45) is 3.47. The molecule has 5 N–H and O–H groups in total. The number of ether oxygens (including phenoxy) is 1. The molecule has 17 heavy (non-hydrogen) atoms. The largest absolute Gasteiger partial charge is 0.382 e. The smallest absolute Gasteiger partial charge is 0.255 e. The van der Waals surface area contributed by atoms with E-state index in [1.807, 2.05) is 0 Å². The van der Waals surface area contributed by atoms with Crippen LogP contribution in [0.15, 0.2) is 0 Å². The molecule has 0 spiro atoms.